The molecule has 0 fully saturated rings. The molecule has 0 unspecified atom stereocenters. The van der Waals surface area contributed by atoms with E-state index in [2.05, 4.69) is 43.4 Å². The van der Waals surface area contributed by atoms with Crippen LogP contribution >= 0.6 is 0 Å². The predicted octanol–water partition coefficient (Wildman–Crippen LogP) is 6.56. The Labute approximate surface area is 132 Å². The van der Waals surface area contributed by atoms with Crippen molar-refractivity contribution in [3.8, 4) is 0 Å². The number of aldehydes is 1. The van der Waals surface area contributed by atoms with Crippen LogP contribution in [0.1, 0.15) is 84.0 Å². The van der Waals surface area contributed by atoms with Crippen LogP contribution in [0.15, 0.2) is 36.5 Å². The summed E-state index contributed by atoms with van der Waals surface area (Å²) in [5.41, 5.74) is 0. The highest BCUT2D eigenvalue weighted by molar-refractivity contribution is 5.48. The molecule has 0 rings (SSSR count). The minimum atomic E-state index is 0.688. The lowest BCUT2D eigenvalue weighted by Gasteiger charge is -1.94. The zero-order valence-corrected chi connectivity index (χ0v) is 13.9. The fourth-order valence-corrected chi connectivity index (χ4v) is 2.10. The first kappa shape index (κ1) is 19.9. The number of hydrogen-bond donors (Lipinski definition) is 0. The fraction of sp³-hybridized carbons (Fsp3) is 0.650. The van der Waals surface area contributed by atoms with Crippen molar-refractivity contribution in [3.05, 3.63) is 36.5 Å². The first-order valence-electron chi connectivity index (χ1n) is 8.80. The van der Waals surface area contributed by atoms with Gasteiger partial charge in [0.1, 0.15) is 6.29 Å². The van der Waals surface area contributed by atoms with Gasteiger partial charge in [0.25, 0.3) is 0 Å². The summed E-state index contributed by atoms with van der Waals surface area (Å²) in [6.45, 7) is 2.25. The van der Waals surface area contributed by atoms with Crippen LogP contribution in [-0.2, 0) is 4.79 Å². The summed E-state index contributed by atoms with van der Waals surface area (Å²) in [6, 6.07) is 0. The highest BCUT2D eigenvalue weighted by atomic mass is 16.1. The SMILES string of the molecule is CCCCCC=CCCCCC=CCC=CCCCC=O. The molecule has 120 valence electrons. The van der Waals surface area contributed by atoms with E-state index in [1.54, 1.807) is 0 Å². The largest absolute Gasteiger partial charge is 0.303 e. The molecule has 0 aromatic heterocycles. The summed E-state index contributed by atoms with van der Waals surface area (Å²) in [5, 5.41) is 0. The highest BCUT2D eigenvalue weighted by Gasteiger charge is 1.85. The molecule has 0 bridgehead atoms. The molecule has 0 aromatic carbocycles. The van der Waals surface area contributed by atoms with Gasteiger partial charge < -0.3 is 4.79 Å². The standard InChI is InChI=1S/C20H34O/c1-2-3-4-5-6-7-8-9-10-11-12-13-14-15-16-17-18-19-20-21/h6-7,12-13,15-16,20H,2-5,8-11,14,17-19H2,1H3. The van der Waals surface area contributed by atoms with Crippen LogP contribution in [0, 0.1) is 0 Å². The number of hydrogen-bond acceptors (Lipinski definition) is 1. The second-order valence-electron chi connectivity index (χ2n) is 5.53. The molecule has 0 spiro atoms. The van der Waals surface area contributed by atoms with Crippen molar-refractivity contribution in [2.75, 3.05) is 0 Å². The Kier molecular flexibility index (Phi) is 17.9. The maximum atomic E-state index is 10.1. The van der Waals surface area contributed by atoms with Crippen LogP contribution < -0.4 is 0 Å². The monoisotopic (exact) mass is 290 g/mol. The van der Waals surface area contributed by atoms with E-state index in [-0.39, 0.29) is 0 Å². The van der Waals surface area contributed by atoms with E-state index in [0.29, 0.717) is 6.42 Å². The van der Waals surface area contributed by atoms with Crippen molar-refractivity contribution < 1.29 is 4.79 Å². The molecule has 0 aliphatic heterocycles. The molecule has 0 aliphatic carbocycles. The van der Waals surface area contributed by atoms with Gasteiger partial charge in [-0.25, -0.2) is 0 Å². The Morgan fingerprint density at radius 1 is 0.571 bits per heavy atom. The molecule has 0 saturated carbocycles. The van der Waals surface area contributed by atoms with Gasteiger partial charge in [-0.2, -0.15) is 0 Å². The minimum Gasteiger partial charge on any atom is -0.303 e. The second-order valence-corrected chi connectivity index (χ2v) is 5.53. The van der Waals surface area contributed by atoms with Crippen LogP contribution in [0.5, 0.6) is 0 Å². The van der Waals surface area contributed by atoms with Gasteiger partial charge in [-0.3, -0.25) is 0 Å². The molecule has 0 radical (unpaired) electrons. The molecule has 0 N–H and O–H groups in total. The summed E-state index contributed by atoms with van der Waals surface area (Å²) in [7, 11) is 0. The van der Waals surface area contributed by atoms with Crippen LogP contribution in [0.25, 0.3) is 0 Å². The Balaban J connectivity index is 3.23. The maximum Gasteiger partial charge on any atom is 0.120 e. The quantitative estimate of drug-likeness (QED) is 0.190. The molecule has 1 nitrogen and oxygen atoms in total. The minimum absolute atomic E-state index is 0.688. The lowest BCUT2D eigenvalue weighted by molar-refractivity contribution is -0.107. The Morgan fingerprint density at radius 2 is 1.05 bits per heavy atom. The molecule has 0 heterocycles. The molecule has 0 aliphatic rings. The Bertz CT molecular complexity index is 286. The molecule has 0 amide bonds. The van der Waals surface area contributed by atoms with E-state index in [1.165, 1.54) is 51.4 Å². The van der Waals surface area contributed by atoms with Gasteiger partial charge in [0.05, 0.1) is 0 Å². The molecule has 0 saturated heterocycles. The number of allylic oxidation sites excluding steroid dienone is 6. The van der Waals surface area contributed by atoms with Crippen molar-refractivity contribution in [3.63, 3.8) is 0 Å². The molecular formula is C20H34O. The summed E-state index contributed by atoms with van der Waals surface area (Å²) in [5.74, 6) is 0. The van der Waals surface area contributed by atoms with Crippen LogP contribution in [0.3, 0.4) is 0 Å². The van der Waals surface area contributed by atoms with Crippen LogP contribution in [0.2, 0.25) is 0 Å². The van der Waals surface area contributed by atoms with Gasteiger partial charge in [-0.1, -0.05) is 56.2 Å². The van der Waals surface area contributed by atoms with Gasteiger partial charge in [0, 0.05) is 6.42 Å². The third-order valence-corrected chi connectivity index (χ3v) is 3.43. The van der Waals surface area contributed by atoms with Crippen molar-refractivity contribution in [1.82, 2.24) is 0 Å². The first-order chi connectivity index (χ1) is 10.4. The maximum absolute atomic E-state index is 10.1. The summed E-state index contributed by atoms with van der Waals surface area (Å²) in [6.07, 6.45) is 28.6. The van der Waals surface area contributed by atoms with Gasteiger partial charge in [0.15, 0.2) is 0 Å². The van der Waals surface area contributed by atoms with E-state index in [0.717, 1.165) is 25.5 Å². The number of unbranched alkanes of at least 4 members (excludes halogenated alkanes) is 8. The van der Waals surface area contributed by atoms with E-state index in [4.69, 9.17) is 0 Å². The molecular weight excluding hydrogens is 256 g/mol. The summed E-state index contributed by atoms with van der Waals surface area (Å²) in [4.78, 5) is 10.1. The van der Waals surface area contributed by atoms with Crippen molar-refractivity contribution in [1.29, 1.82) is 0 Å². The van der Waals surface area contributed by atoms with Gasteiger partial charge in [-0.05, 0) is 57.8 Å². The fourth-order valence-electron chi connectivity index (χ4n) is 2.10. The third-order valence-electron chi connectivity index (χ3n) is 3.43. The van der Waals surface area contributed by atoms with Gasteiger partial charge >= 0.3 is 0 Å². The van der Waals surface area contributed by atoms with Gasteiger partial charge in [0.2, 0.25) is 0 Å². The van der Waals surface area contributed by atoms with Crippen molar-refractivity contribution in [2.24, 2.45) is 0 Å². The van der Waals surface area contributed by atoms with E-state index in [9.17, 15) is 4.79 Å². The molecule has 21 heavy (non-hydrogen) atoms. The average Bonchev–Trinajstić information content (AvgIpc) is 2.50. The summed E-state index contributed by atoms with van der Waals surface area (Å²) < 4.78 is 0. The topological polar surface area (TPSA) is 17.1 Å². The van der Waals surface area contributed by atoms with E-state index < -0.39 is 0 Å². The summed E-state index contributed by atoms with van der Waals surface area (Å²) >= 11 is 0. The number of carbonyl (C=O) groups excluding carboxylic acids is 1. The Morgan fingerprint density at radius 3 is 1.57 bits per heavy atom. The first-order valence-corrected chi connectivity index (χ1v) is 8.80. The smallest absolute Gasteiger partial charge is 0.120 e. The third kappa shape index (κ3) is 18.9. The van der Waals surface area contributed by atoms with E-state index >= 15 is 0 Å². The van der Waals surface area contributed by atoms with Crippen LogP contribution in [-0.4, -0.2) is 6.29 Å². The second kappa shape index (κ2) is 18.9. The van der Waals surface area contributed by atoms with Crippen LogP contribution in [0.4, 0.5) is 0 Å². The van der Waals surface area contributed by atoms with Crippen molar-refractivity contribution >= 4 is 6.29 Å². The predicted molar refractivity (Wildman–Crippen MR) is 94.6 cm³/mol. The highest BCUT2D eigenvalue weighted by Crippen LogP contribution is 2.05. The normalized spacial score (nSPS) is 12.0. The molecule has 0 atom stereocenters. The zero-order valence-electron chi connectivity index (χ0n) is 13.9. The zero-order chi connectivity index (χ0) is 15.4. The van der Waals surface area contributed by atoms with Crippen molar-refractivity contribution in [2.45, 2.75) is 84.0 Å². The lowest BCUT2D eigenvalue weighted by atomic mass is 10.1. The molecule has 1 heteroatoms. The average molecular weight is 290 g/mol. The Hall–Kier alpha value is -1.11. The lowest BCUT2D eigenvalue weighted by Crippen LogP contribution is -1.74. The van der Waals surface area contributed by atoms with E-state index in [1.807, 2.05) is 0 Å². The number of carbonyl (C=O) groups is 1. The number of rotatable bonds is 15. The molecule has 0 aromatic rings. The van der Waals surface area contributed by atoms with Gasteiger partial charge in [-0.15, -0.1) is 0 Å².